The van der Waals surface area contributed by atoms with Crippen LogP contribution in [-0.2, 0) is 5.41 Å². The normalized spacial score (nSPS) is 27.1. The Bertz CT molecular complexity index is 2690. The van der Waals surface area contributed by atoms with Crippen LogP contribution in [0.4, 0.5) is 0 Å². The van der Waals surface area contributed by atoms with E-state index in [1.165, 1.54) is 29.7 Å². The van der Waals surface area contributed by atoms with E-state index in [1.54, 1.807) is 16.7 Å². The molecule has 5 nitrogen and oxygen atoms in total. The third kappa shape index (κ3) is 4.57. The summed E-state index contributed by atoms with van der Waals surface area (Å²) in [6.07, 6.45) is 24.3. The van der Waals surface area contributed by atoms with Crippen LogP contribution in [-0.4, -0.2) is 26.5 Å². The van der Waals surface area contributed by atoms with Gasteiger partial charge < -0.3 is 5.32 Å². The first kappa shape index (κ1) is 32.8. The molecule has 12 rings (SSSR count). The Morgan fingerprint density at radius 3 is 2.11 bits per heavy atom. The Morgan fingerprint density at radius 1 is 0.667 bits per heavy atom. The highest BCUT2D eigenvalue weighted by Crippen LogP contribution is 2.84. The van der Waals surface area contributed by atoms with E-state index in [4.69, 9.17) is 15.0 Å². The first-order valence-corrected chi connectivity index (χ1v) is 20.5. The Morgan fingerprint density at radius 2 is 1.37 bits per heavy atom. The summed E-state index contributed by atoms with van der Waals surface area (Å²) < 4.78 is 0. The van der Waals surface area contributed by atoms with Crippen LogP contribution in [0.3, 0.4) is 0 Å². The van der Waals surface area contributed by atoms with Gasteiger partial charge in [0.2, 0.25) is 0 Å². The minimum absolute atomic E-state index is 0.0504. The maximum atomic E-state index is 5.18. The van der Waals surface area contributed by atoms with Crippen molar-refractivity contribution in [1.29, 1.82) is 0 Å². The lowest BCUT2D eigenvalue weighted by Gasteiger charge is -2.71. The molecule has 1 N–H and O–H groups in total. The maximum Gasteiger partial charge on any atom is 0.164 e. The highest BCUT2D eigenvalue weighted by atomic mass is 15.0. The summed E-state index contributed by atoms with van der Waals surface area (Å²) in [6, 6.07) is 41.1. The van der Waals surface area contributed by atoms with Gasteiger partial charge in [0.1, 0.15) is 0 Å². The van der Waals surface area contributed by atoms with Crippen molar-refractivity contribution < 1.29 is 0 Å². The van der Waals surface area contributed by atoms with Crippen LogP contribution >= 0.6 is 0 Å². The molecule has 1 spiro atoms. The van der Waals surface area contributed by atoms with Crippen molar-refractivity contribution in [3.05, 3.63) is 204 Å². The number of pyridine rings is 1. The van der Waals surface area contributed by atoms with Crippen molar-refractivity contribution in [3.8, 4) is 45.3 Å². The molecule has 5 heteroatoms. The van der Waals surface area contributed by atoms with Gasteiger partial charge in [-0.15, -0.1) is 0 Å². The molecule has 3 heterocycles. The number of nitrogens with one attached hydrogen (secondary N) is 1. The Hall–Kier alpha value is -6.46. The average Bonchev–Trinajstić information content (AvgIpc) is 3.41. The van der Waals surface area contributed by atoms with Gasteiger partial charge in [0.05, 0.1) is 5.41 Å². The van der Waals surface area contributed by atoms with Crippen molar-refractivity contribution in [2.45, 2.75) is 36.5 Å². The summed E-state index contributed by atoms with van der Waals surface area (Å²) in [6.45, 7) is 0.857. The fourth-order valence-electron chi connectivity index (χ4n) is 11.9. The van der Waals surface area contributed by atoms with Crippen LogP contribution in [0.15, 0.2) is 187 Å². The molecule has 0 saturated heterocycles. The predicted octanol–water partition coefficient (Wildman–Crippen LogP) is 10.9. The van der Waals surface area contributed by atoms with E-state index >= 15 is 0 Å². The number of allylic oxidation sites excluding steroid dienone is 8. The highest BCUT2D eigenvalue weighted by Gasteiger charge is 2.79. The maximum absolute atomic E-state index is 5.18. The molecule has 57 heavy (non-hydrogen) atoms. The third-order valence-corrected chi connectivity index (χ3v) is 14.0. The Kier molecular flexibility index (Phi) is 7.20. The summed E-state index contributed by atoms with van der Waals surface area (Å²) >= 11 is 0. The van der Waals surface area contributed by atoms with Crippen molar-refractivity contribution in [2.24, 2.45) is 17.3 Å². The average molecular weight is 736 g/mol. The van der Waals surface area contributed by atoms with E-state index < -0.39 is 0 Å². The SMILES string of the molecule is C1=CCNC(C23C4=C(C=CC(c5cc(-c6ccncc6)cc(-c6nc(-c7ccccc7)nc(-c7ccccc7)n6)c5)C4)C4C(c5ccccc52)C2CCC=CC243)=C1. The fourth-order valence-corrected chi connectivity index (χ4v) is 11.9. The second kappa shape index (κ2) is 12.5. The summed E-state index contributed by atoms with van der Waals surface area (Å²) in [5.74, 6) is 3.85. The number of hydrogen-bond donors (Lipinski definition) is 1. The molecular formula is C52H41N5. The van der Waals surface area contributed by atoms with E-state index in [2.05, 4.69) is 132 Å². The van der Waals surface area contributed by atoms with E-state index in [0.29, 0.717) is 35.2 Å². The lowest BCUT2D eigenvalue weighted by molar-refractivity contribution is -0.0716. The number of rotatable bonds is 6. The second-order valence-corrected chi connectivity index (χ2v) is 16.5. The zero-order chi connectivity index (χ0) is 37.6. The fraction of sp³-hybridized carbons (Fsp3) is 0.192. The van der Waals surface area contributed by atoms with Gasteiger partial charge in [-0.05, 0) is 100 Å². The number of nitrogens with zero attached hydrogens (tertiary/aromatic N) is 4. The molecule has 0 radical (unpaired) electrons. The number of hydrogen-bond acceptors (Lipinski definition) is 5. The molecule has 6 atom stereocenters. The Labute approximate surface area is 333 Å². The molecule has 6 unspecified atom stereocenters. The van der Waals surface area contributed by atoms with Crippen molar-refractivity contribution >= 4 is 0 Å². The molecule has 2 aromatic heterocycles. The highest BCUT2D eigenvalue weighted by molar-refractivity contribution is 5.76. The van der Waals surface area contributed by atoms with Gasteiger partial charge in [0, 0.05) is 58.6 Å². The van der Waals surface area contributed by atoms with Crippen LogP contribution in [0.1, 0.15) is 47.8 Å². The topological polar surface area (TPSA) is 63.6 Å². The zero-order valence-electron chi connectivity index (χ0n) is 31.6. The van der Waals surface area contributed by atoms with Gasteiger partial charge in [-0.3, -0.25) is 4.98 Å². The van der Waals surface area contributed by atoms with Crippen LogP contribution < -0.4 is 5.32 Å². The minimum Gasteiger partial charge on any atom is -0.384 e. The van der Waals surface area contributed by atoms with Crippen LogP contribution in [0, 0.1) is 17.3 Å². The molecule has 4 aromatic carbocycles. The molecule has 6 aliphatic rings. The van der Waals surface area contributed by atoms with Gasteiger partial charge in [-0.1, -0.05) is 127 Å². The molecular weight excluding hydrogens is 695 g/mol. The van der Waals surface area contributed by atoms with Crippen molar-refractivity contribution in [3.63, 3.8) is 0 Å². The van der Waals surface area contributed by atoms with Crippen LogP contribution in [0.25, 0.3) is 45.3 Å². The zero-order valence-corrected chi connectivity index (χ0v) is 31.6. The van der Waals surface area contributed by atoms with Gasteiger partial charge in [-0.25, -0.2) is 15.0 Å². The first-order valence-electron chi connectivity index (χ1n) is 20.5. The number of fused-ring (bicyclic) bond motifs is 5. The molecule has 1 saturated carbocycles. The molecule has 1 fully saturated rings. The predicted molar refractivity (Wildman–Crippen MR) is 227 cm³/mol. The summed E-state index contributed by atoms with van der Waals surface area (Å²) in [4.78, 5) is 19.7. The lowest BCUT2D eigenvalue weighted by atomic mass is 9.31. The number of benzene rings is 4. The summed E-state index contributed by atoms with van der Waals surface area (Å²) in [7, 11) is 0. The van der Waals surface area contributed by atoms with E-state index in [0.717, 1.165) is 40.8 Å². The lowest BCUT2D eigenvalue weighted by Crippen LogP contribution is -2.68. The number of aromatic nitrogens is 4. The summed E-state index contributed by atoms with van der Waals surface area (Å²) in [5.41, 5.74) is 13.9. The monoisotopic (exact) mass is 735 g/mol. The van der Waals surface area contributed by atoms with Crippen molar-refractivity contribution in [1.82, 2.24) is 25.3 Å². The first-order chi connectivity index (χ1) is 28.2. The molecule has 274 valence electrons. The molecule has 4 bridgehead atoms. The molecule has 6 aromatic rings. The van der Waals surface area contributed by atoms with E-state index in [-0.39, 0.29) is 16.7 Å². The van der Waals surface area contributed by atoms with Crippen LogP contribution in [0.2, 0.25) is 0 Å². The smallest absolute Gasteiger partial charge is 0.164 e. The summed E-state index contributed by atoms with van der Waals surface area (Å²) in [5, 5.41) is 3.97. The minimum atomic E-state index is -0.234. The largest absolute Gasteiger partial charge is 0.384 e. The molecule has 5 aliphatic carbocycles. The third-order valence-electron chi connectivity index (χ3n) is 14.0. The van der Waals surface area contributed by atoms with Gasteiger partial charge in [-0.2, -0.15) is 0 Å². The quantitative estimate of drug-likeness (QED) is 0.173. The molecule has 1 aliphatic heterocycles. The van der Waals surface area contributed by atoms with E-state index in [1.807, 2.05) is 48.8 Å². The van der Waals surface area contributed by atoms with E-state index in [9.17, 15) is 0 Å². The number of dihydropyridines is 1. The molecule has 0 amide bonds. The van der Waals surface area contributed by atoms with Crippen molar-refractivity contribution in [2.75, 3.05) is 6.54 Å². The van der Waals surface area contributed by atoms with Crippen LogP contribution in [0.5, 0.6) is 0 Å². The Balaban J connectivity index is 1.04. The van der Waals surface area contributed by atoms with Gasteiger partial charge >= 0.3 is 0 Å². The van der Waals surface area contributed by atoms with Gasteiger partial charge in [0.25, 0.3) is 0 Å². The van der Waals surface area contributed by atoms with Gasteiger partial charge in [0.15, 0.2) is 17.5 Å². The second-order valence-electron chi connectivity index (χ2n) is 16.5. The standard InChI is InChI=1S/C52H41N5/c1-3-13-34(14-4-1)48-55-49(35-15-5-2-6-16-35)57-50(56-48)39-30-37(33-23-27-53-28-24-33)29-38(31-39)36-21-22-41-44(32-36)52(45-20-10-12-26-54-45)42-18-8-7-17-40(42)46-43-19-9-11-25-51(43,52)47(41)46/h1-8,10-18,20-25,27-31,36,43,46-47,54H,9,19,26,32H2.